The van der Waals surface area contributed by atoms with Crippen molar-refractivity contribution < 1.29 is 38.2 Å². The molecule has 11 heterocycles. The number of amidine groups is 1. The van der Waals surface area contributed by atoms with E-state index in [2.05, 4.69) is 70.5 Å². The number of ether oxygens (including phenoxy) is 2. The second kappa shape index (κ2) is 22.3. The monoisotopic (exact) mass is 1140 g/mol. The molecule has 0 saturated carbocycles. The predicted octanol–water partition coefficient (Wildman–Crippen LogP) is -6.61. The maximum atomic E-state index is 12.8. The molecule has 78 heavy (non-hydrogen) atoms. The van der Waals surface area contributed by atoms with Crippen LogP contribution in [0.4, 0.5) is 4.79 Å². The first-order valence-corrected chi connectivity index (χ1v) is 26.5. The minimum Gasteiger partial charge on any atom is -0.449 e. The van der Waals surface area contributed by atoms with Crippen molar-refractivity contribution >= 4 is 94.5 Å². The standard InChI is InChI=1S/C15H18N4O5.C7H7ClN6O2.C6H6N6O2.C6H10N6O.C6H12N3PS/c1-5-9(16)12(21)8-6(4-24-14(17)22)15(23-2)13-7(18-13)3-19(15)10(8)11(5)20;8-1-2-14-7(16)13-3-10-4(5(9)15)6(13)11-12-14;1-11-6(14)12-2-8-3(4(7)13)5(12)9-10-11;1-12(2)11-10-6-4(5(7)13)8-3-9-6;11-10(7-1-2-7,8-3-4-8)9-5-6-9/h6-7,13,18H,3-4,16H2,1-2H3,(H2,17,22);3H,1-2H2,(H2,9,15);2H,1H3,(H2,7,13);3,11H,1-2H3,(H2,7,13);1-6H2/b;;;10-6-;/t6-,7+,13+,15-;;;;/m1..../s1. The Hall–Kier alpha value is -7.83. The highest BCUT2D eigenvalue weighted by atomic mass is 35.5. The number of nitrogens with two attached hydrogens (primary N) is 5. The van der Waals surface area contributed by atoms with Crippen LogP contribution in [-0.4, -0.2) is 223 Å². The van der Waals surface area contributed by atoms with Gasteiger partial charge < -0.3 is 48.4 Å². The number of hydrazone groups is 1. The number of piperazine rings is 1. The smallest absolute Gasteiger partial charge is 0.404 e. The van der Waals surface area contributed by atoms with Gasteiger partial charge in [-0.15, -0.1) is 26.9 Å². The molecule has 4 amide bonds. The van der Waals surface area contributed by atoms with E-state index in [0.29, 0.717) is 12.2 Å². The molecule has 0 aromatic carbocycles. The molecule has 5 fully saturated rings. The molecule has 1 aliphatic carbocycles. The van der Waals surface area contributed by atoms with Gasteiger partial charge in [-0.3, -0.25) is 24.0 Å². The van der Waals surface area contributed by atoms with E-state index in [0.717, 1.165) is 18.2 Å². The number of nitrogens with zero attached hydrogens (tertiary/aromatic N) is 18. The Labute approximate surface area is 449 Å². The number of methoxy groups -OCH3 is 1. The molecule has 38 heteroatoms. The van der Waals surface area contributed by atoms with Gasteiger partial charge in [-0.05, 0) is 18.7 Å². The van der Waals surface area contributed by atoms with Crippen molar-refractivity contribution in [3.8, 4) is 0 Å². The van der Waals surface area contributed by atoms with Crippen LogP contribution in [0.25, 0.3) is 11.3 Å². The Kier molecular flexibility index (Phi) is 16.1. The number of Topliss-reactive ketones (excluding diaryl/α,β-unsaturated/α-hetero) is 2. The number of allylic oxidation sites excluding steroid dienone is 2. The van der Waals surface area contributed by atoms with Crippen molar-refractivity contribution in [3.63, 3.8) is 0 Å². The molecule has 4 atom stereocenters. The normalized spacial score (nSPS) is 23.0. The first kappa shape index (κ1) is 56.4. The number of aryl methyl sites for hydroxylation is 2. The summed E-state index contributed by atoms with van der Waals surface area (Å²) in [6.45, 7) is 8.40. The number of carbonyl (C=O) groups is 6. The maximum absolute atomic E-state index is 12.8. The molecule has 416 valence electrons. The Bertz CT molecular complexity index is 3450. The van der Waals surface area contributed by atoms with Crippen LogP contribution in [0.2, 0.25) is 0 Å². The van der Waals surface area contributed by atoms with Crippen LogP contribution in [0.5, 0.6) is 0 Å². The van der Waals surface area contributed by atoms with Crippen LogP contribution >= 0.6 is 18.1 Å². The second-order valence-corrected chi connectivity index (χ2v) is 22.5. The summed E-state index contributed by atoms with van der Waals surface area (Å²) in [5.74, 6) is -3.05. The van der Waals surface area contributed by atoms with Gasteiger partial charge in [0.05, 0.1) is 29.9 Å². The van der Waals surface area contributed by atoms with Crippen molar-refractivity contribution in [2.75, 3.05) is 79.5 Å². The predicted molar refractivity (Wildman–Crippen MR) is 277 cm³/mol. The zero-order valence-corrected chi connectivity index (χ0v) is 44.8. The molecule has 12 N–H and O–H groups in total. The summed E-state index contributed by atoms with van der Waals surface area (Å²) in [4.78, 5) is 109. The fourth-order valence-electron chi connectivity index (χ4n) is 8.71. The number of hydrogen-bond donors (Lipinski definition) is 7. The Morgan fingerprint density at radius 2 is 1.46 bits per heavy atom. The maximum Gasteiger partial charge on any atom is 0.404 e. The van der Waals surface area contributed by atoms with E-state index < -0.39 is 59.1 Å². The van der Waals surface area contributed by atoms with Gasteiger partial charge in [0.2, 0.25) is 17.4 Å². The summed E-state index contributed by atoms with van der Waals surface area (Å²) in [6.07, 6.45) is 2.65. The molecule has 12 rings (SSSR count). The van der Waals surface area contributed by atoms with Crippen molar-refractivity contribution in [1.29, 1.82) is 0 Å². The second-order valence-electron chi connectivity index (χ2n) is 17.9. The van der Waals surface area contributed by atoms with Gasteiger partial charge in [-0.25, -0.2) is 67.7 Å². The van der Waals surface area contributed by atoms with Gasteiger partial charge in [0.15, 0.2) is 34.1 Å². The minimum absolute atomic E-state index is 0.0447. The average molecular weight is 1140 g/mol. The number of hydrogen-bond acceptors (Lipinski definition) is 24. The summed E-state index contributed by atoms with van der Waals surface area (Å²) >= 11 is 11.2. The van der Waals surface area contributed by atoms with E-state index in [4.69, 9.17) is 61.5 Å². The molecular weight excluding hydrogens is 1090 g/mol. The fraction of sp³-hybridized carbons (Fsp3) is 0.475. The number of primary amides is 4. The van der Waals surface area contributed by atoms with Crippen LogP contribution < -0.4 is 50.9 Å². The summed E-state index contributed by atoms with van der Waals surface area (Å²) < 4.78 is 22.5. The molecule has 4 aromatic heterocycles. The number of amides is 4. The third-order valence-corrected chi connectivity index (χ3v) is 18.4. The lowest BCUT2D eigenvalue weighted by atomic mass is 9.82. The molecule has 0 spiro atoms. The van der Waals surface area contributed by atoms with Crippen LogP contribution in [0.3, 0.4) is 0 Å². The number of alkyl halides is 1. The van der Waals surface area contributed by atoms with E-state index in [1.807, 2.05) is 4.90 Å². The lowest BCUT2D eigenvalue weighted by molar-refractivity contribution is -0.137. The molecular formula is C40H53ClN25O10PS. The number of halogens is 1. The number of imidazole rings is 2. The third kappa shape index (κ3) is 10.7. The van der Waals surface area contributed by atoms with E-state index in [1.54, 1.807) is 19.1 Å². The van der Waals surface area contributed by atoms with Gasteiger partial charge in [0.25, 0.3) is 17.7 Å². The number of aromatic nitrogens is 10. The average Bonchev–Trinajstić information content (AvgIpc) is 3.12. The first-order chi connectivity index (χ1) is 37.0. The number of nitrogens with one attached hydrogen (secondary N) is 2. The summed E-state index contributed by atoms with van der Waals surface area (Å²) in [6, 6.07) is 0.109. The lowest BCUT2D eigenvalue weighted by Crippen LogP contribution is -2.55. The van der Waals surface area contributed by atoms with E-state index in [1.165, 1.54) is 79.3 Å². The van der Waals surface area contributed by atoms with Gasteiger partial charge in [0.1, 0.15) is 32.1 Å². The molecule has 5 saturated heterocycles. The quantitative estimate of drug-likeness (QED) is 0.0215. The minimum atomic E-state index is -1.27. The van der Waals surface area contributed by atoms with E-state index in [-0.39, 0.29) is 88.0 Å². The van der Waals surface area contributed by atoms with Gasteiger partial charge >= 0.3 is 17.5 Å². The summed E-state index contributed by atoms with van der Waals surface area (Å²) in [5.41, 5.74) is 27.5. The molecule has 0 unspecified atom stereocenters. The SMILES string of the molecule is CN(C)N/N=C1\N=CN=C1C(N)=O.CO[C@@]12[C@H](COC(N)=O)C3=C(C(=O)C(C)=C(N)C3=O)N1C[C@@H]1N[C@@H]12.Cn1nnc2c(C(N)=O)ncn2c1=O.NC(=O)c1ncn2c(=O)n(CCCl)nnc12.S=P(N1CC1)(N1CC1)N1CC1. The molecule has 4 aromatic rings. The number of hydrazine groups is 1. The molecule has 7 aliphatic heterocycles. The Morgan fingerprint density at radius 3 is 1.96 bits per heavy atom. The highest BCUT2D eigenvalue weighted by Crippen LogP contribution is 2.65. The van der Waals surface area contributed by atoms with Gasteiger partial charge in [-0.2, -0.15) is 9.36 Å². The highest BCUT2D eigenvalue weighted by Gasteiger charge is 2.72. The molecule has 35 nitrogen and oxygen atoms in total. The summed E-state index contributed by atoms with van der Waals surface area (Å²) in [7, 11) is 6.47. The van der Waals surface area contributed by atoms with Gasteiger partial charge in [-0.1, -0.05) is 10.4 Å². The fourth-order valence-corrected chi connectivity index (χ4v) is 13.2. The van der Waals surface area contributed by atoms with Crippen LogP contribution in [0, 0.1) is 5.92 Å². The van der Waals surface area contributed by atoms with Crippen LogP contribution in [0.1, 0.15) is 27.9 Å². The van der Waals surface area contributed by atoms with Crippen LogP contribution in [0.15, 0.2) is 59.9 Å². The lowest BCUT2D eigenvalue weighted by Gasteiger charge is -2.39. The number of fused-ring (bicyclic) bond motifs is 6. The zero-order valence-electron chi connectivity index (χ0n) is 42.3. The zero-order chi connectivity index (χ0) is 56.7. The summed E-state index contributed by atoms with van der Waals surface area (Å²) in [5, 5.41) is 23.1. The van der Waals surface area contributed by atoms with Crippen molar-refractivity contribution in [1.82, 2.24) is 83.5 Å². The number of ketones is 2. The molecule has 0 bridgehead atoms. The molecule has 0 radical (unpaired) electrons. The topological polar surface area (TPSA) is 468 Å². The first-order valence-electron chi connectivity index (χ1n) is 23.3. The van der Waals surface area contributed by atoms with Crippen molar-refractivity contribution in [3.05, 3.63) is 67.6 Å². The number of carbonyl (C=O) groups excluding carboxylic acids is 6. The Balaban J connectivity index is 0.000000132. The van der Waals surface area contributed by atoms with E-state index in [9.17, 15) is 38.4 Å². The van der Waals surface area contributed by atoms with Crippen molar-refractivity contribution in [2.24, 2.45) is 56.7 Å². The highest BCUT2D eigenvalue weighted by molar-refractivity contribution is 8.11. The van der Waals surface area contributed by atoms with E-state index >= 15 is 0 Å². The number of aliphatic imine (C=N–C) groups is 2. The third-order valence-electron chi connectivity index (χ3n) is 12.7. The Morgan fingerprint density at radius 1 is 0.897 bits per heavy atom. The van der Waals surface area contributed by atoms with Crippen molar-refractivity contribution in [2.45, 2.75) is 31.3 Å². The largest absolute Gasteiger partial charge is 0.449 e. The molecule has 8 aliphatic rings. The number of rotatable bonds is 13. The van der Waals surface area contributed by atoms with Crippen LogP contribution in [-0.2, 0) is 49.3 Å². The van der Waals surface area contributed by atoms with Gasteiger partial charge in [0, 0.05) is 97.1 Å².